The summed E-state index contributed by atoms with van der Waals surface area (Å²) in [6.45, 7) is 2.51. The fourth-order valence-electron chi connectivity index (χ4n) is 5.57. The average molecular weight is 486 g/mol. The van der Waals surface area contributed by atoms with Gasteiger partial charge in [-0.15, -0.1) is 0 Å². The Hall–Kier alpha value is -4.20. The molecule has 2 aromatic carbocycles. The van der Waals surface area contributed by atoms with Gasteiger partial charge in [0.15, 0.2) is 0 Å². The summed E-state index contributed by atoms with van der Waals surface area (Å²) in [5.74, 6) is -1.27. The van der Waals surface area contributed by atoms with E-state index in [-0.39, 0.29) is 30.7 Å². The maximum Gasteiger partial charge on any atom is 0.411 e. The van der Waals surface area contributed by atoms with Crippen LogP contribution in [0.3, 0.4) is 0 Å². The third-order valence-corrected chi connectivity index (χ3v) is 7.48. The number of hydrogen-bond acceptors (Lipinski definition) is 4. The first-order valence-corrected chi connectivity index (χ1v) is 12.0. The highest BCUT2D eigenvalue weighted by Crippen LogP contribution is 2.51. The van der Waals surface area contributed by atoms with Gasteiger partial charge in [0.2, 0.25) is 11.8 Å². The largest absolute Gasteiger partial charge is 0.465 e. The molecule has 2 unspecified atom stereocenters. The lowest BCUT2D eigenvalue weighted by Gasteiger charge is -2.44. The zero-order valence-electron chi connectivity index (χ0n) is 19.9. The molecule has 0 aromatic heterocycles. The molecule has 4 amide bonds. The van der Waals surface area contributed by atoms with Crippen LogP contribution in [0.4, 0.5) is 4.79 Å². The fourth-order valence-corrected chi connectivity index (χ4v) is 5.57. The van der Waals surface area contributed by atoms with Crippen molar-refractivity contribution in [1.82, 2.24) is 15.5 Å². The lowest BCUT2D eigenvalue weighted by Crippen LogP contribution is -2.49. The number of hydrogen-bond donors (Lipinski definition) is 3. The summed E-state index contributed by atoms with van der Waals surface area (Å²) < 4.78 is 0. The summed E-state index contributed by atoms with van der Waals surface area (Å²) >= 11 is 0. The Morgan fingerprint density at radius 1 is 1.11 bits per heavy atom. The van der Waals surface area contributed by atoms with Crippen LogP contribution in [0.2, 0.25) is 0 Å². The third kappa shape index (κ3) is 4.19. The van der Waals surface area contributed by atoms with Crippen molar-refractivity contribution in [2.75, 3.05) is 0 Å². The molecule has 2 aliphatic heterocycles. The molecule has 1 aliphatic carbocycles. The Kier molecular flexibility index (Phi) is 5.96. The lowest BCUT2D eigenvalue weighted by atomic mass is 9.62. The van der Waals surface area contributed by atoms with E-state index in [4.69, 9.17) is 0 Å². The van der Waals surface area contributed by atoms with Crippen LogP contribution in [-0.2, 0) is 22.7 Å². The van der Waals surface area contributed by atoms with Gasteiger partial charge in [0, 0.05) is 35.6 Å². The van der Waals surface area contributed by atoms with Gasteiger partial charge < -0.3 is 10.4 Å². The first-order valence-electron chi connectivity index (χ1n) is 12.0. The third-order valence-electron chi connectivity index (χ3n) is 7.48. The van der Waals surface area contributed by atoms with Gasteiger partial charge in [-0.3, -0.25) is 24.6 Å². The highest BCUT2D eigenvalue weighted by molar-refractivity contribution is 6.00. The van der Waals surface area contributed by atoms with E-state index in [9.17, 15) is 24.3 Å². The number of carbonyl (C=O) groups is 4. The molecular weight excluding hydrogens is 458 g/mol. The molecule has 0 radical (unpaired) electrons. The molecule has 2 heterocycles. The number of carbonyl (C=O) groups excluding carboxylic acids is 3. The summed E-state index contributed by atoms with van der Waals surface area (Å²) in [6, 6.07) is 15.1. The molecule has 3 N–H and O–H groups in total. The second-order valence-electron chi connectivity index (χ2n) is 9.75. The predicted octanol–water partition coefficient (Wildman–Crippen LogP) is 3.84. The van der Waals surface area contributed by atoms with Crippen LogP contribution in [0.1, 0.15) is 53.2 Å². The van der Waals surface area contributed by atoms with Crippen molar-refractivity contribution >= 4 is 29.4 Å². The smallest absolute Gasteiger partial charge is 0.411 e. The van der Waals surface area contributed by atoms with Crippen LogP contribution in [0.25, 0.3) is 5.57 Å². The molecule has 8 heteroatoms. The van der Waals surface area contributed by atoms with Gasteiger partial charge in [-0.05, 0) is 47.2 Å². The molecule has 1 fully saturated rings. The van der Waals surface area contributed by atoms with E-state index in [2.05, 4.69) is 10.6 Å². The predicted molar refractivity (Wildman–Crippen MR) is 132 cm³/mol. The van der Waals surface area contributed by atoms with Crippen molar-refractivity contribution in [3.63, 3.8) is 0 Å². The number of nitrogens with zero attached hydrogens (tertiary/aromatic N) is 1. The van der Waals surface area contributed by atoms with E-state index < -0.39 is 17.4 Å². The summed E-state index contributed by atoms with van der Waals surface area (Å²) in [5, 5.41) is 15.4. The quantitative estimate of drug-likeness (QED) is 0.557. The highest BCUT2D eigenvalue weighted by Gasteiger charge is 2.47. The minimum Gasteiger partial charge on any atom is -0.465 e. The Morgan fingerprint density at radius 2 is 1.89 bits per heavy atom. The molecule has 0 bridgehead atoms. The van der Waals surface area contributed by atoms with Crippen LogP contribution in [0, 0.1) is 11.3 Å². The van der Waals surface area contributed by atoms with Crippen LogP contribution in [0.15, 0.2) is 66.4 Å². The van der Waals surface area contributed by atoms with Gasteiger partial charge in [-0.1, -0.05) is 55.5 Å². The molecule has 0 saturated carbocycles. The van der Waals surface area contributed by atoms with E-state index in [0.29, 0.717) is 36.2 Å². The van der Waals surface area contributed by atoms with Crippen molar-refractivity contribution < 1.29 is 24.3 Å². The molecule has 3 aliphatic rings. The van der Waals surface area contributed by atoms with E-state index in [1.165, 1.54) is 4.90 Å². The molecule has 1 saturated heterocycles. The summed E-state index contributed by atoms with van der Waals surface area (Å²) in [7, 11) is 0. The van der Waals surface area contributed by atoms with Gasteiger partial charge in [-0.25, -0.2) is 4.79 Å². The Balaban J connectivity index is 1.52. The summed E-state index contributed by atoms with van der Waals surface area (Å²) in [4.78, 5) is 50.6. The highest BCUT2D eigenvalue weighted by atomic mass is 16.4. The zero-order chi connectivity index (χ0) is 25.4. The first-order chi connectivity index (χ1) is 17.3. The number of rotatable bonds is 5. The summed E-state index contributed by atoms with van der Waals surface area (Å²) in [6.07, 6.45) is 3.51. The zero-order valence-corrected chi connectivity index (χ0v) is 19.9. The molecule has 5 rings (SSSR count). The van der Waals surface area contributed by atoms with Crippen molar-refractivity contribution in [3.8, 4) is 0 Å². The molecule has 36 heavy (non-hydrogen) atoms. The number of amides is 4. The molecule has 8 nitrogen and oxygen atoms in total. The maximum absolute atomic E-state index is 13.0. The normalized spacial score (nSPS) is 23.2. The van der Waals surface area contributed by atoms with Crippen molar-refractivity contribution in [2.45, 2.75) is 39.3 Å². The molecule has 2 aromatic rings. The molecular formula is C28H27N3O5. The van der Waals surface area contributed by atoms with Gasteiger partial charge in [-0.2, -0.15) is 0 Å². The van der Waals surface area contributed by atoms with Crippen LogP contribution < -0.4 is 10.6 Å². The lowest BCUT2D eigenvalue weighted by molar-refractivity contribution is -0.138. The van der Waals surface area contributed by atoms with Crippen LogP contribution in [0.5, 0.6) is 0 Å². The monoisotopic (exact) mass is 485 g/mol. The number of carboxylic acid groups (broad SMARTS) is 1. The molecule has 2 atom stereocenters. The van der Waals surface area contributed by atoms with Gasteiger partial charge >= 0.3 is 6.09 Å². The van der Waals surface area contributed by atoms with Gasteiger partial charge in [0.25, 0.3) is 5.91 Å². The van der Waals surface area contributed by atoms with Crippen molar-refractivity contribution in [2.24, 2.45) is 11.3 Å². The van der Waals surface area contributed by atoms with Gasteiger partial charge in [0.05, 0.1) is 6.54 Å². The second-order valence-corrected chi connectivity index (χ2v) is 9.75. The van der Waals surface area contributed by atoms with E-state index in [0.717, 1.165) is 16.7 Å². The average Bonchev–Trinajstić information content (AvgIpc) is 3.22. The number of piperidine rings is 1. The van der Waals surface area contributed by atoms with E-state index in [1.807, 2.05) is 55.5 Å². The number of fused-ring (bicyclic) bond motifs is 1. The number of allylic oxidation sites excluding steroid dienone is 4. The van der Waals surface area contributed by atoms with Crippen LogP contribution >= 0.6 is 0 Å². The Bertz CT molecular complexity index is 1330. The standard InChI is InChI=1S/C28H27N3O5/c1-28(23-11-12-24(32)30-26(23)34)14-20(9-10-22(28)18-5-3-2-4-6-18)31(27(35)36)16-17-7-8-19-15-29-25(33)21(19)13-17/h2-10,13,23H,11-12,14-16H2,1H3,(H,29,33)(H,35,36)(H,30,32,34). The molecule has 184 valence electrons. The Morgan fingerprint density at radius 3 is 2.61 bits per heavy atom. The minimum absolute atomic E-state index is 0.0711. The van der Waals surface area contributed by atoms with Crippen molar-refractivity contribution in [1.29, 1.82) is 0 Å². The number of nitrogens with one attached hydrogen (secondary N) is 2. The Labute approximate surface area is 208 Å². The van der Waals surface area contributed by atoms with Gasteiger partial charge in [0.1, 0.15) is 0 Å². The fraction of sp³-hybridized carbons (Fsp3) is 0.286. The first kappa shape index (κ1) is 23.5. The maximum atomic E-state index is 13.0. The van der Waals surface area contributed by atoms with E-state index in [1.54, 1.807) is 12.1 Å². The van der Waals surface area contributed by atoms with E-state index >= 15 is 0 Å². The SMILES string of the molecule is CC1(C2CCC(=O)NC2=O)CC(N(Cc2ccc3c(c2)C(=O)NC3)C(=O)O)=CC=C1c1ccccc1. The summed E-state index contributed by atoms with van der Waals surface area (Å²) in [5.41, 5.74) is 3.86. The second kappa shape index (κ2) is 9.11. The molecule has 0 spiro atoms. The number of imide groups is 1. The van der Waals surface area contributed by atoms with Crippen molar-refractivity contribution in [3.05, 3.63) is 88.6 Å². The minimum atomic E-state index is -1.12. The number of benzene rings is 2. The van der Waals surface area contributed by atoms with Crippen LogP contribution in [-0.4, -0.2) is 33.8 Å². The topological polar surface area (TPSA) is 116 Å².